The largest absolute Gasteiger partial charge is 0.466 e. The highest BCUT2D eigenvalue weighted by atomic mass is 16.5. The average molecular weight is 973 g/mol. The number of carbonyl (C=O) groups excluding carboxylic acids is 2. The van der Waals surface area contributed by atoms with Gasteiger partial charge in [-0.15, -0.1) is 0 Å². The second kappa shape index (κ2) is 58.9. The van der Waals surface area contributed by atoms with Crippen molar-refractivity contribution in [1.29, 1.82) is 0 Å². The van der Waals surface area contributed by atoms with Gasteiger partial charge < -0.3 is 20.3 Å². The first kappa shape index (κ1) is 67.3. The Morgan fingerprint density at radius 1 is 0.406 bits per heavy atom. The van der Waals surface area contributed by atoms with Crippen LogP contribution in [0.25, 0.3) is 0 Å². The standard InChI is InChI=1S/C63H121NO5/c1-3-5-7-9-11-13-15-17-19-20-21-22-23-24-25-28-31-35-39-43-47-51-55-61(66)60(59-65)64-62(67)56-52-48-44-40-36-32-29-26-30-34-38-42-46-50-54-58-69-63(68)57-53-49-45-41-37-33-27-18-16-14-12-10-8-6-4-2/h26,30,34,38,60-61,65-66H,3-25,27-29,31-33,35-37,39-59H2,1-2H3,(H,64,67)/b30-26-,38-34-. The minimum atomic E-state index is -0.679. The zero-order valence-corrected chi connectivity index (χ0v) is 46.6. The highest BCUT2D eigenvalue weighted by molar-refractivity contribution is 5.76. The normalized spacial score (nSPS) is 12.7. The van der Waals surface area contributed by atoms with Gasteiger partial charge in [-0.05, 0) is 57.8 Å². The molecule has 2 unspecified atom stereocenters. The molecule has 0 bridgehead atoms. The second-order valence-electron chi connectivity index (χ2n) is 21.4. The number of carbonyl (C=O) groups is 2. The van der Waals surface area contributed by atoms with Crippen molar-refractivity contribution in [2.75, 3.05) is 13.2 Å². The molecule has 0 aliphatic carbocycles. The van der Waals surface area contributed by atoms with Gasteiger partial charge in [0.2, 0.25) is 5.91 Å². The van der Waals surface area contributed by atoms with E-state index in [1.54, 1.807) is 0 Å². The SMILES string of the molecule is CCCCCCCCCCCCCCCCCCCCCCCCC(O)C(CO)NC(=O)CCCCCCCC/C=C\C=C/CCCCCOC(=O)CCCCCCCCCCCCCCCCC. The van der Waals surface area contributed by atoms with Gasteiger partial charge in [-0.1, -0.05) is 295 Å². The predicted molar refractivity (Wildman–Crippen MR) is 301 cm³/mol. The highest BCUT2D eigenvalue weighted by Crippen LogP contribution is 2.18. The smallest absolute Gasteiger partial charge is 0.305 e. The number of esters is 1. The van der Waals surface area contributed by atoms with Crippen LogP contribution in [0.3, 0.4) is 0 Å². The maximum absolute atomic E-state index is 12.5. The molecular weight excluding hydrogens is 851 g/mol. The molecule has 0 aromatic heterocycles. The number of aliphatic hydroxyl groups is 2. The van der Waals surface area contributed by atoms with Crippen LogP contribution in [0.5, 0.6) is 0 Å². The summed E-state index contributed by atoms with van der Waals surface area (Å²) in [5, 5.41) is 23.4. The first-order valence-corrected chi connectivity index (χ1v) is 31.1. The molecule has 69 heavy (non-hydrogen) atoms. The molecule has 0 aromatic carbocycles. The molecule has 0 saturated heterocycles. The Hall–Kier alpha value is -1.66. The van der Waals surface area contributed by atoms with E-state index in [2.05, 4.69) is 43.5 Å². The molecule has 6 nitrogen and oxygen atoms in total. The number of unbranched alkanes of at least 4 members (excludes halogenated alkanes) is 44. The number of hydrogen-bond donors (Lipinski definition) is 3. The van der Waals surface area contributed by atoms with Gasteiger partial charge in [-0.2, -0.15) is 0 Å². The van der Waals surface area contributed by atoms with Crippen LogP contribution >= 0.6 is 0 Å². The summed E-state index contributed by atoms with van der Waals surface area (Å²) in [7, 11) is 0. The first-order valence-electron chi connectivity index (χ1n) is 31.1. The number of aliphatic hydroxyl groups excluding tert-OH is 2. The molecule has 0 aliphatic heterocycles. The summed E-state index contributed by atoms with van der Waals surface area (Å²) in [4.78, 5) is 24.6. The Balaban J connectivity index is 3.49. The number of ether oxygens (including phenoxy) is 1. The molecule has 0 spiro atoms. The minimum absolute atomic E-state index is 0.0179. The molecule has 0 radical (unpaired) electrons. The second-order valence-corrected chi connectivity index (χ2v) is 21.4. The number of hydrogen-bond acceptors (Lipinski definition) is 5. The van der Waals surface area contributed by atoms with Crippen LogP contribution in [0.1, 0.15) is 341 Å². The van der Waals surface area contributed by atoms with E-state index in [0.29, 0.717) is 25.9 Å². The van der Waals surface area contributed by atoms with Crippen molar-refractivity contribution in [2.45, 2.75) is 353 Å². The summed E-state index contributed by atoms with van der Waals surface area (Å²) in [5.41, 5.74) is 0. The van der Waals surface area contributed by atoms with Gasteiger partial charge in [0.25, 0.3) is 0 Å². The molecule has 0 saturated carbocycles. The van der Waals surface area contributed by atoms with E-state index in [4.69, 9.17) is 4.74 Å². The molecular formula is C63H121NO5. The maximum Gasteiger partial charge on any atom is 0.305 e. The molecule has 0 aromatic rings. The fourth-order valence-electron chi connectivity index (χ4n) is 9.75. The van der Waals surface area contributed by atoms with E-state index in [0.717, 1.165) is 77.0 Å². The summed E-state index contributed by atoms with van der Waals surface area (Å²) in [6, 6.07) is -0.559. The molecule has 408 valence electrons. The van der Waals surface area contributed by atoms with E-state index in [-0.39, 0.29) is 18.5 Å². The maximum atomic E-state index is 12.5. The fraction of sp³-hybridized carbons (Fsp3) is 0.905. The van der Waals surface area contributed by atoms with E-state index in [1.165, 1.54) is 231 Å². The van der Waals surface area contributed by atoms with Gasteiger partial charge in [0.05, 0.1) is 25.4 Å². The van der Waals surface area contributed by atoms with Crippen LogP contribution in [-0.2, 0) is 14.3 Å². The van der Waals surface area contributed by atoms with Gasteiger partial charge >= 0.3 is 5.97 Å². The van der Waals surface area contributed by atoms with Gasteiger partial charge in [-0.3, -0.25) is 9.59 Å². The summed E-state index contributed by atoms with van der Waals surface area (Å²) in [6.07, 6.45) is 71.8. The first-order chi connectivity index (χ1) is 34.0. The number of allylic oxidation sites excluding steroid dienone is 4. The van der Waals surface area contributed by atoms with Crippen molar-refractivity contribution >= 4 is 11.9 Å². The third kappa shape index (κ3) is 55.5. The minimum Gasteiger partial charge on any atom is -0.466 e. The molecule has 0 heterocycles. The number of nitrogens with one attached hydrogen (secondary N) is 1. The van der Waals surface area contributed by atoms with Gasteiger partial charge in [0, 0.05) is 12.8 Å². The Morgan fingerprint density at radius 2 is 0.710 bits per heavy atom. The highest BCUT2D eigenvalue weighted by Gasteiger charge is 2.20. The molecule has 0 rings (SSSR count). The van der Waals surface area contributed by atoms with Crippen molar-refractivity contribution in [2.24, 2.45) is 0 Å². The molecule has 3 N–H and O–H groups in total. The van der Waals surface area contributed by atoms with Gasteiger partial charge in [-0.25, -0.2) is 0 Å². The summed E-state index contributed by atoms with van der Waals surface area (Å²) in [5.74, 6) is -0.0719. The summed E-state index contributed by atoms with van der Waals surface area (Å²) in [6.45, 7) is 4.93. The Kier molecular flexibility index (Phi) is 57.5. The molecule has 0 aliphatic rings. The van der Waals surface area contributed by atoms with Crippen molar-refractivity contribution in [3.8, 4) is 0 Å². The third-order valence-electron chi connectivity index (χ3n) is 14.5. The van der Waals surface area contributed by atoms with Crippen LogP contribution in [0.15, 0.2) is 24.3 Å². The quantitative estimate of drug-likeness (QED) is 0.0321. The monoisotopic (exact) mass is 972 g/mol. The Morgan fingerprint density at radius 3 is 1.07 bits per heavy atom. The lowest BCUT2D eigenvalue weighted by atomic mass is 10.0. The lowest BCUT2D eigenvalue weighted by Crippen LogP contribution is -2.45. The fourth-order valence-corrected chi connectivity index (χ4v) is 9.75. The van der Waals surface area contributed by atoms with Crippen molar-refractivity contribution in [3.63, 3.8) is 0 Å². The van der Waals surface area contributed by atoms with Crippen molar-refractivity contribution in [1.82, 2.24) is 5.32 Å². The molecule has 0 fully saturated rings. The van der Waals surface area contributed by atoms with Gasteiger partial charge in [0.1, 0.15) is 0 Å². The Labute approximate surface area is 431 Å². The van der Waals surface area contributed by atoms with Crippen LogP contribution in [0, 0.1) is 0 Å². The van der Waals surface area contributed by atoms with E-state index in [9.17, 15) is 19.8 Å². The van der Waals surface area contributed by atoms with Crippen LogP contribution in [-0.4, -0.2) is 47.4 Å². The van der Waals surface area contributed by atoms with Gasteiger partial charge in [0.15, 0.2) is 0 Å². The molecule has 2 atom stereocenters. The molecule has 1 amide bonds. The lowest BCUT2D eigenvalue weighted by molar-refractivity contribution is -0.143. The van der Waals surface area contributed by atoms with Crippen molar-refractivity contribution < 1.29 is 24.5 Å². The zero-order chi connectivity index (χ0) is 50.0. The van der Waals surface area contributed by atoms with E-state index in [1.807, 2.05) is 0 Å². The van der Waals surface area contributed by atoms with Crippen molar-refractivity contribution in [3.05, 3.63) is 24.3 Å². The predicted octanol–water partition coefficient (Wildman–Crippen LogP) is 19.4. The molecule has 6 heteroatoms. The Bertz CT molecular complexity index is 1080. The topological polar surface area (TPSA) is 95.9 Å². The number of rotatable bonds is 58. The van der Waals surface area contributed by atoms with Crippen LogP contribution in [0.2, 0.25) is 0 Å². The third-order valence-corrected chi connectivity index (χ3v) is 14.5. The van der Waals surface area contributed by atoms with Crippen LogP contribution < -0.4 is 5.32 Å². The summed E-state index contributed by atoms with van der Waals surface area (Å²) < 4.78 is 5.46. The van der Waals surface area contributed by atoms with Crippen LogP contribution in [0.4, 0.5) is 0 Å². The zero-order valence-electron chi connectivity index (χ0n) is 46.6. The average Bonchev–Trinajstić information content (AvgIpc) is 3.35. The lowest BCUT2D eigenvalue weighted by Gasteiger charge is -2.22. The van der Waals surface area contributed by atoms with E-state index >= 15 is 0 Å². The number of amides is 1. The summed E-state index contributed by atoms with van der Waals surface area (Å²) >= 11 is 0. The van der Waals surface area contributed by atoms with E-state index < -0.39 is 12.1 Å².